The quantitative estimate of drug-likeness (QED) is 0.524. The van der Waals surface area contributed by atoms with E-state index in [1.165, 1.54) is 7.11 Å². The van der Waals surface area contributed by atoms with Crippen LogP contribution in [0, 0.1) is 6.92 Å². The average molecular weight is 179 g/mol. The lowest BCUT2D eigenvalue weighted by Gasteiger charge is -2.07. The van der Waals surface area contributed by atoms with Crippen molar-refractivity contribution in [2.24, 2.45) is 0 Å². The summed E-state index contributed by atoms with van der Waals surface area (Å²) in [5.41, 5.74) is 0. The van der Waals surface area contributed by atoms with Crippen molar-refractivity contribution in [2.75, 3.05) is 7.11 Å². The number of para-hydroxylation sites is 2. The molecule has 0 aromatic heterocycles. The van der Waals surface area contributed by atoms with Gasteiger partial charge in [0.25, 0.3) is 0 Å². The second-order valence-corrected chi connectivity index (χ2v) is 2.37. The Morgan fingerprint density at radius 2 is 2.00 bits per heavy atom. The molecule has 0 amide bonds. The molecule has 3 heteroatoms. The van der Waals surface area contributed by atoms with Crippen LogP contribution in [-0.4, -0.2) is 13.1 Å². The average Bonchev–Trinajstić information content (AvgIpc) is 2.18. The Labute approximate surface area is 77.3 Å². The van der Waals surface area contributed by atoms with Crippen LogP contribution in [-0.2, 0) is 4.79 Å². The van der Waals surface area contributed by atoms with E-state index in [0.29, 0.717) is 11.5 Å². The molecule has 0 saturated carbocycles. The van der Waals surface area contributed by atoms with E-state index in [1.807, 2.05) is 0 Å². The summed E-state index contributed by atoms with van der Waals surface area (Å²) in [5.74, 6) is 0.604. The number of methoxy groups -OCH3 is 1. The molecule has 0 saturated heterocycles. The van der Waals surface area contributed by atoms with Crippen LogP contribution in [0.2, 0.25) is 0 Å². The van der Waals surface area contributed by atoms with Crippen LogP contribution >= 0.6 is 0 Å². The molecule has 1 radical (unpaired) electrons. The zero-order valence-electron chi connectivity index (χ0n) is 7.45. The molecule has 3 nitrogen and oxygen atoms in total. The fraction of sp³-hybridized carbons (Fsp3) is 0.200. The normalized spacial score (nSPS) is 9.38. The largest absolute Gasteiger partial charge is 0.493 e. The first-order valence-corrected chi connectivity index (χ1v) is 3.91. The molecule has 0 bridgehead atoms. The van der Waals surface area contributed by atoms with Gasteiger partial charge in [0.2, 0.25) is 0 Å². The lowest BCUT2D eigenvalue weighted by molar-refractivity contribution is -0.133. The van der Waals surface area contributed by atoms with Crippen molar-refractivity contribution >= 4 is 5.97 Å². The molecule has 1 aromatic carbocycles. The molecule has 0 aliphatic heterocycles. The first-order chi connectivity index (χ1) is 6.27. The van der Waals surface area contributed by atoms with Crippen LogP contribution in [0.1, 0.15) is 6.42 Å². The Morgan fingerprint density at radius 1 is 1.38 bits per heavy atom. The molecular formula is C10H11O3. The summed E-state index contributed by atoms with van der Waals surface area (Å²) in [7, 11) is 1.52. The van der Waals surface area contributed by atoms with Gasteiger partial charge in [0, 0.05) is 6.42 Å². The first-order valence-electron chi connectivity index (χ1n) is 3.91. The first kappa shape index (κ1) is 9.58. The number of benzene rings is 1. The molecule has 0 aliphatic rings. The summed E-state index contributed by atoms with van der Waals surface area (Å²) >= 11 is 0. The van der Waals surface area contributed by atoms with E-state index in [-0.39, 0.29) is 12.4 Å². The zero-order chi connectivity index (χ0) is 9.68. The second kappa shape index (κ2) is 4.50. The number of hydrogen-bond acceptors (Lipinski definition) is 3. The second-order valence-electron chi connectivity index (χ2n) is 2.37. The van der Waals surface area contributed by atoms with Crippen LogP contribution in [0.5, 0.6) is 11.5 Å². The molecule has 1 rings (SSSR count). The summed E-state index contributed by atoms with van der Waals surface area (Å²) in [6, 6.07) is 6.98. The fourth-order valence-electron chi connectivity index (χ4n) is 0.877. The van der Waals surface area contributed by atoms with E-state index >= 15 is 0 Å². The zero-order valence-corrected chi connectivity index (χ0v) is 7.45. The minimum Gasteiger partial charge on any atom is -0.493 e. The van der Waals surface area contributed by atoms with E-state index in [4.69, 9.17) is 9.47 Å². The van der Waals surface area contributed by atoms with Crippen molar-refractivity contribution in [3.63, 3.8) is 0 Å². The van der Waals surface area contributed by atoms with Gasteiger partial charge >= 0.3 is 5.97 Å². The Kier molecular flexibility index (Phi) is 3.31. The van der Waals surface area contributed by atoms with Crippen molar-refractivity contribution < 1.29 is 14.3 Å². The number of carbonyl (C=O) groups is 1. The van der Waals surface area contributed by atoms with Crippen molar-refractivity contribution in [3.8, 4) is 11.5 Å². The maximum Gasteiger partial charge on any atom is 0.311 e. The number of esters is 1. The van der Waals surface area contributed by atoms with E-state index < -0.39 is 0 Å². The lowest BCUT2D eigenvalue weighted by atomic mass is 10.3. The minimum atomic E-state index is -0.371. The third-order valence-corrected chi connectivity index (χ3v) is 1.50. The molecule has 0 fully saturated rings. The van der Waals surface area contributed by atoms with Gasteiger partial charge in [-0.2, -0.15) is 0 Å². The summed E-state index contributed by atoms with van der Waals surface area (Å²) in [4.78, 5) is 10.9. The standard InChI is InChI=1S/C10H11O3/c1-3-10(11)13-9-7-5-4-6-8(9)12-2/h4-7H,1,3H2,2H3. The highest BCUT2D eigenvalue weighted by Crippen LogP contribution is 2.25. The van der Waals surface area contributed by atoms with Gasteiger partial charge in [-0.1, -0.05) is 12.1 Å². The Bertz CT molecular complexity index is 294. The summed E-state index contributed by atoms with van der Waals surface area (Å²) < 4.78 is 9.95. The van der Waals surface area contributed by atoms with Gasteiger partial charge < -0.3 is 9.47 Å². The van der Waals surface area contributed by atoms with Crippen molar-refractivity contribution in [1.82, 2.24) is 0 Å². The third kappa shape index (κ3) is 2.47. The monoisotopic (exact) mass is 179 g/mol. The summed E-state index contributed by atoms with van der Waals surface area (Å²) in [5, 5.41) is 0. The van der Waals surface area contributed by atoms with Crippen molar-refractivity contribution in [3.05, 3.63) is 31.2 Å². The molecule has 0 heterocycles. The van der Waals surface area contributed by atoms with Crippen LogP contribution in [0.3, 0.4) is 0 Å². The Morgan fingerprint density at radius 3 is 2.54 bits per heavy atom. The highest BCUT2D eigenvalue weighted by Gasteiger charge is 2.06. The van der Waals surface area contributed by atoms with Crippen LogP contribution in [0.25, 0.3) is 0 Å². The van der Waals surface area contributed by atoms with E-state index in [9.17, 15) is 4.79 Å². The molecular weight excluding hydrogens is 168 g/mol. The fourth-order valence-corrected chi connectivity index (χ4v) is 0.877. The molecule has 0 atom stereocenters. The molecule has 13 heavy (non-hydrogen) atoms. The summed E-state index contributed by atoms with van der Waals surface area (Å²) in [6.45, 7) is 3.42. The van der Waals surface area contributed by atoms with E-state index in [0.717, 1.165) is 0 Å². The highest BCUT2D eigenvalue weighted by atomic mass is 16.6. The third-order valence-electron chi connectivity index (χ3n) is 1.50. The molecule has 69 valence electrons. The lowest BCUT2D eigenvalue weighted by Crippen LogP contribution is -2.06. The highest BCUT2D eigenvalue weighted by molar-refractivity contribution is 5.73. The molecule has 0 spiro atoms. The molecule has 1 aromatic rings. The van der Waals surface area contributed by atoms with Gasteiger partial charge in [0.1, 0.15) is 0 Å². The smallest absolute Gasteiger partial charge is 0.311 e. The number of hydrogen-bond donors (Lipinski definition) is 0. The summed E-state index contributed by atoms with van der Waals surface area (Å²) in [6.07, 6.45) is 0.109. The maximum atomic E-state index is 10.9. The number of rotatable bonds is 3. The van der Waals surface area contributed by atoms with E-state index in [2.05, 4.69) is 6.92 Å². The topological polar surface area (TPSA) is 35.5 Å². The predicted molar refractivity (Wildman–Crippen MR) is 48.6 cm³/mol. The van der Waals surface area contributed by atoms with Gasteiger partial charge in [0.05, 0.1) is 7.11 Å². The van der Waals surface area contributed by atoms with Crippen LogP contribution < -0.4 is 9.47 Å². The van der Waals surface area contributed by atoms with Gasteiger partial charge in [-0.05, 0) is 19.1 Å². The maximum absolute atomic E-state index is 10.9. The van der Waals surface area contributed by atoms with Crippen LogP contribution in [0.4, 0.5) is 0 Å². The number of carbonyl (C=O) groups excluding carboxylic acids is 1. The SMILES string of the molecule is [CH2]CC(=O)Oc1ccccc1OC. The van der Waals surface area contributed by atoms with E-state index in [1.54, 1.807) is 24.3 Å². The predicted octanol–water partition coefficient (Wildman–Crippen LogP) is 1.82. The Hall–Kier alpha value is -1.51. The molecule has 0 unspecified atom stereocenters. The number of ether oxygens (including phenoxy) is 2. The molecule has 0 aliphatic carbocycles. The van der Waals surface area contributed by atoms with Gasteiger partial charge in [-0.15, -0.1) is 0 Å². The minimum absolute atomic E-state index is 0.109. The van der Waals surface area contributed by atoms with Gasteiger partial charge in [0.15, 0.2) is 11.5 Å². The Balaban J connectivity index is 2.81. The van der Waals surface area contributed by atoms with Crippen molar-refractivity contribution in [1.29, 1.82) is 0 Å². The van der Waals surface area contributed by atoms with Gasteiger partial charge in [-0.25, -0.2) is 0 Å². The van der Waals surface area contributed by atoms with Crippen molar-refractivity contribution in [2.45, 2.75) is 6.42 Å². The molecule has 0 N–H and O–H groups in total. The van der Waals surface area contributed by atoms with Crippen LogP contribution in [0.15, 0.2) is 24.3 Å². The van der Waals surface area contributed by atoms with Gasteiger partial charge in [-0.3, -0.25) is 4.79 Å².